The quantitative estimate of drug-likeness (QED) is 0.509. The van der Waals surface area contributed by atoms with Gasteiger partial charge in [-0.05, 0) is 80.9 Å². The zero-order chi connectivity index (χ0) is 19.1. The van der Waals surface area contributed by atoms with E-state index in [9.17, 15) is 0 Å². The van der Waals surface area contributed by atoms with Crippen LogP contribution in [0.25, 0.3) is 0 Å². The summed E-state index contributed by atoms with van der Waals surface area (Å²) in [5, 5.41) is 4.63. The first-order chi connectivity index (χ1) is 13.2. The largest absolute Gasteiger partial charge is 0.319 e. The third-order valence-corrected chi connectivity index (χ3v) is 6.48. The maximum atomic E-state index is 6.23. The molecule has 28 heavy (non-hydrogen) atoms. The second-order valence-corrected chi connectivity index (χ2v) is 8.53. The van der Waals surface area contributed by atoms with Crippen molar-refractivity contribution in [2.24, 2.45) is 5.92 Å². The van der Waals surface area contributed by atoms with Crippen LogP contribution in [0.2, 0.25) is 10.0 Å². The number of hydrogen-bond donors (Lipinski definition) is 1. The molecule has 1 fully saturated rings. The van der Waals surface area contributed by atoms with E-state index in [-0.39, 0.29) is 12.4 Å². The van der Waals surface area contributed by atoms with E-state index in [1.165, 1.54) is 49.9 Å². The molecule has 1 aliphatic heterocycles. The number of rotatable bonds is 8. The summed E-state index contributed by atoms with van der Waals surface area (Å²) in [5.41, 5.74) is 2.71. The molecule has 2 aromatic carbocycles. The molecule has 0 amide bonds. The van der Waals surface area contributed by atoms with Crippen LogP contribution in [0.3, 0.4) is 0 Å². The van der Waals surface area contributed by atoms with E-state index >= 15 is 0 Å². The predicted octanol–water partition coefficient (Wildman–Crippen LogP) is 6.41. The Labute approximate surface area is 186 Å². The van der Waals surface area contributed by atoms with Gasteiger partial charge in [0.25, 0.3) is 0 Å². The molecular weight excluding hydrogens is 411 g/mol. The number of hydrogen-bond acceptors (Lipinski definition) is 2. The SMILES string of the molecule is CNCC(CCC1CCN(Cc2ccccc2)CC1)c1ccc(Cl)c(Cl)c1.Cl. The van der Waals surface area contributed by atoms with Crippen LogP contribution < -0.4 is 5.32 Å². The first-order valence-electron chi connectivity index (χ1n) is 10.0. The molecule has 0 spiro atoms. The normalized spacial score (nSPS) is 16.5. The van der Waals surface area contributed by atoms with E-state index in [2.05, 4.69) is 46.6 Å². The van der Waals surface area contributed by atoms with E-state index in [1.54, 1.807) is 0 Å². The lowest BCUT2D eigenvalue weighted by Crippen LogP contribution is -2.33. The van der Waals surface area contributed by atoms with Crippen LogP contribution in [-0.2, 0) is 6.54 Å². The average Bonchev–Trinajstić information content (AvgIpc) is 2.69. The van der Waals surface area contributed by atoms with Crippen LogP contribution in [-0.4, -0.2) is 31.6 Å². The molecule has 1 unspecified atom stereocenters. The van der Waals surface area contributed by atoms with Gasteiger partial charge in [-0.2, -0.15) is 0 Å². The van der Waals surface area contributed by atoms with Crippen molar-refractivity contribution in [2.75, 3.05) is 26.7 Å². The fourth-order valence-electron chi connectivity index (χ4n) is 4.11. The number of piperidine rings is 1. The first kappa shape index (κ1) is 23.5. The molecule has 154 valence electrons. The Hall–Kier alpha value is -0.770. The third-order valence-electron chi connectivity index (χ3n) is 5.75. The molecule has 2 nitrogen and oxygen atoms in total. The van der Waals surface area contributed by atoms with E-state index < -0.39 is 0 Å². The van der Waals surface area contributed by atoms with Crippen LogP contribution in [0.5, 0.6) is 0 Å². The van der Waals surface area contributed by atoms with Crippen molar-refractivity contribution in [1.29, 1.82) is 0 Å². The standard InChI is InChI=1S/C23H30Cl2N2.ClH/c1-26-16-21(20-9-10-22(24)23(25)15-20)8-7-18-11-13-27(14-12-18)17-19-5-3-2-4-6-19;/h2-6,9-10,15,18,21,26H,7-8,11-14,16-17H2,1H3;1H. The second-order valence-electron chi connectivity index (χ2n) is 7.71. The van der Waals surface area contributed by atoms with Crippen molar-refractivity contribution >= 4 is 35.6 Å². The molecule has 0 saturated carbocycles. The lowest BCUT2D eigenvalue weighted by Gasteiger charge is -2.32. The number of benzene rings is 2. The van der Waals surface area contributed by atoms with E-state index in [4.69, 9.17) is 23.2 Å². The smallest absolute Gasteiger partial charge is 0.0595 e. The molecule has 1 aliphatic rings. The number of halogens is 3. The Morgan fingerprint density at radius 3 is 2.39 bits per heavy atom. The Kier molecular flexibility index (Phi) is 10.1. The number of nitrogens with zero attached hydrogens (tertiary/aromatic N) is 1. The highest BCUT2D eigenvalue weighted by atomic mass is 35.5. The van der Waals surface area contributed by atoms with Crippen molar-refractivity contribution in [2.45, 2.75) is 38.1 Å². The fourth-order valence-corrected chi connectivity index (χ4v) is 4.42. The molecule has 0 aromatic heterocycles. The van der Waals surface area contributed by atoms with Gasteiger partial charge in [0.05, 0.1) is 10.0 Å². The molecule has 3 rings (SSSR count). The summed E-state index contributed by atoms with van der Waals surface area (Å²) >= 11 is 12.3. The fraction of sp³-hybridized carbons (Fsp3) is 0.478. The highest BCUT2D eigenvalue weighted by Gasteiger charge is 2.21. The maximum absolute atomic E-state index is 6.23. The molecule has 2 aromatic rings. The molecule has 0 radical (unpaired) electrons. The minimum Gasteiger partial charge on any atom is -0.319 e. The highest BCUT2D eigenvalue weighted by Crippen LogP contribution is 2.31. The average molecular weight is 442 g/mol. The summed E-state index contributed by atoms with van der Waals surface area (Å²) < 4.78 is 0. The van der Waals surface area contributed by atoms with Gasteiger partial charge in [0.2, 0.25) is 0 Å². The molecule has 0 bridgehead atoms. The first-order valence-corrected chi connectivity index (χ1v) is 10.8. The predicted molar refractivity (Wildman–Crippen MR) is 124 cm³/mol. The summed E-state index contributed by atoms with van der Waals surface area (Å²) in [4.78, 5) is 2.59. The summed E-state index contributed by atoms with van der Waals surface area (Å²) in [5.74, 6) is 1.33. The van der Waals surface area contributed by atoms with Crippen molar-refractivity contribution < 1.29 is 0 Å². The van der Waals surface area contributed by atoms with Gasteiger partial charge < -0.3 is 5.32 Å². The van der Waals surface area contributed by atoms with Crippen LogP contribution in [0, 0.1) is 5.92 Å². The zero-order valence-electron chi connectivity index (χ0n) is 16.5. The van der Waals surface area contributed by atoms with Gasteiger partial charge in [0, 0.05) is 13.1 Å². The minimum absolute atomic E-state index is 0. The molecule has 1 atom stereocenters. The third kappa shape index (κ3) is 6.93. The number of likely N-dealkylation sites (N-methyl/N-ethyl adjacent to an activating group) is 1. The lowest BCUT2D eigenvalue weighted by atomic mass is 9.86. The molecule has 0 aliphatic carbocycles. The zero-order valence-corrected chi connectivity index (χ0v) is 18.9. The molecule has 1 saturated heterocycles. The van der Waals surface area contributed by atoms with E-state index in [0.717, 1.165) is 19.0 Å². The second kappa shape index (κ2) is 12.0. The van der Waals surface area contributed by atoms with Crippen LogP contribution in [0.15, 0.2) is 48.5 Å². The van der Waals surface area contributed by atoms with Crippen LogP contribution in [0.1, 0.15) is 42.7 Å². The highest BCUT2D eigenvalue weighted by molar-refractivity contribution is 6.42. The Bertz CT molecular complexity index is 700. The monoisotopic (exact) mass is 440 g/mol. The summed E-state index contributed by atoms with van der Waals surface area (Å²) in [6.45, 7) is 4.48. The molecule has 1 N–H and O–H groups in total. The maximum Gasteiger partial charge on any atom is 0.0595 e. The molecule has 1 heterocycles. The topological polar surface area (TPSA) is 15.3 Å². The summed E-state index contributed by atoms with van der Waals surface area (Å²) in [6, 6.07) is 16.9. The minimum atomic E-state index is 0. The van der Waals surface area contributed by atoms with Gasteiger partial charge in [-0.25, -0.2) is 0 Å². The van der Waals surface area contributed by atoms with Crippen LogP contribution in [0.4, 0.5) is 0 Å². The van der Waals surface area contributed by atoms with Gasteiger partial charge in [-0.15, -0.1) is 12.4 Å². The Morgan fingerprint density at radius 2 is 1.75 bits per heavy atom. The van der Waals surface area contributed by atoms with Crippen molar-refractivity contribution in [3.05, 3.63) is 69.7 Å². The van der Waals surface area contributed by atoms with Gasteiger partial charge in [0.1, 0.15) is 0 Å². The van der Waals surface area contributed by atoms with E-state index in [1.807, 2.05) is 19.2 Å². The van der Waals surface area contributed by atoms with Gasteiger partial charge in [-0.1, -0.05) is 59.6 Å². The van der Waals surface area contributed by atoms with Crippen molar-refractivity contribution in [3.8, 4) is 0 Å². The van der Waals surface area contributed by atoms with Crippen molar-refractivity contribution in [3.63, 3.8) is 0 Å². The Balaban J connectivity index is 0.00000280. The molecule has 5 heteroatoms. The van der Waals surface area contributed by atoms with Gasteiger partial charge >= 0.3 is 0 Å². The van der Waals surface area contributed by atoms with Crippen LogP contribution >= 0.6 is 35.6 Å². The number of likely N-dealkylation sites (tertiary alicyclic amines) is 1. The lowest BCUT2D eigenvalue weighted by molar-refractivity contribution is 0.169. The summed E-state index contributed by atoms with van der Waals surface area (Å²) in [6.07, 6.45) is 5.09. The Morgan fingerprint density at radius 1 is 1.04 bits per heavy atom. The van der Waals surface area contributed by atoms with Gasteiger partial charge in [0.15, 0.2) is 0 Å². The molecular formula is C23H31Cl3N2. The van der Waals surface area contributed by atoms with E-state index in [0.29, 0.717) is 16.0 Å². The van der Waals surface area contributed by atoms with Crippen molar-refractivity contribution in [1.82, 2.24) is 10.2 Å². The van der Waals surface area contributed by atoms with Gasteiger partial charge in [-0.3, -0.25) is 4.90 Å². The summed E-state index contributed by atoms with van der Waals surface area (Å²) in [7, 11) is 2.02. The number of nitrogens with one attached hydrogen (secondary N) is 1.